The van der Waals surface area contributed by atoms with Gasteiger partial charge in [-0.2, -0.15) is 12.7 Å². The van der Waals surface area contributed by atoms with Crippen LogP contribution in [0.5, 0.6) is 0 Å². The maximum Gasteiger partial charge on any atom is 0.279 e. The summed E-state index contributed by atoms with van der Waals surface area (Å²) in [6.45, 7) is 7.33. The largest absolute Gasteiger partial charge is 0.297 e. The molecule has 2 rings (SSSR count). The molecule has 2 saturated heterocycles. The molecule has 2 aliphatic rings. The minimum Gasteiger partial charge on any atom is -0.297 e. The first-order valence-electron chi connectivity index (χ1n) is 8.51. The molecule has 0 radical (unpaired) electrons. The third-order valence-electron chi connectivity index (χ3n) is 4.89. The zero-order valence-electron chi connectivity index (χ0n) is 13.6. The van der Waals surface area contributed by atoms with E-state index in [1.54, 1.807) is 4.31 Å². The van der Waals surface area contributed by atoms with Crippen molar-refractivity contribution in [3.8, 4) is 0 Å². The molecule has 0 amide bonds. The van der Waals surface area contributed by atoms with Crippen molar-refractivity contribution in [3.63, 3.8) is 0 Å². The van der Waals surface area contributed by atoms with Crippen LogP contribution in [0.3, 0.4) is 0 Å². The smallest absolute Gasteiger partial charge is 0.279 e. The molecule has 2 fully saturated rings. The minimum atomic E-state index is -3.30. The summed E-state index contributed by atoms with van der Waals surface area (Å²) in [7, 11) is -3.30. The van der Waals surface area contributed by atoms with Crippen molar-refractivity contribution in [2.75, 3.05) is 26.2 Å². The molecular formula is C15H31N3O2S. The van der Waals surface area contributed by atoms with Crippen molar-refractivity contribution in [2.24, 2.45) is 0 Å². The lowest BCUT2D eigenvalue weighted by Crippen LogP contribution is -2.50. The van der Waals surface area contributed by atoms with Crippen molar-refractivity contribution in [1.29, 1.82) is 0 Å². The number of hydrogen-bond acceptors (Lipinski definition) is 3. The van der Waals surface area contributed by atoms with Crippen LogP contribution in [-0.4, -0.2) is 55.9 Å². The summed E-state index contributed by atoms with van der Waals surface area (Å²) in [6, 6.07) is 0.832. The second-order valence-electron chi connectivity index (χ2n) is 6.60. The molecule has 0 aromatic rings. The molecule has 0 bridgehead atoms. The average molecular weight is 317 g/mol. The molecule has 2 atom stereocenters. The number of nitrogens with zero attached hydrogens (tertiary/aromatic N) is 2. The second kappa shape index (κ2) is 7.90. The molecule has 6 heteroatoms. The molecule has 0 aromatic heterocycles. The molecular weight excluding hydrogens is 286 g/mol. The predicted molar refractivity (Wildman–Crippen MR) is 86.4 cm³/mol. The van der Waals surface area contributed by atoms with Crippen LogP contribution in [0.25, 0.3) is 0 Å². The van der Waals surface area contributed by atoms with E-state index in [-0.39, 0.29) is 6.04 Å². The summed E-state index contributed by atoms with van der Waals surface area (Å²) in [5.74, 6) is 0. The number of nitrogens with one attached hydrogen (secondary N) is 1. The quantitative estimate of drug-likeness (QED) is 0.843. The van der Waals surface area contributed by atoms with Gasteiger partial charge in [0.05, 0.1) is 0 Å². The van der Waals surface area contributed by atoms with E-state index in [1.165, 1.54) is 19.3 Å². The number of rotatable bonds is 5. The highest BCUT2D eigenvalue weighted by atomic mass is 32.2. The molecule has 21 heavy (non-hydrogen) atoms. The lowest BCUT2D eigenvalue weighted by atomic mass is 10.0. The Balaban J connectivity index is 1.85. The van der Waals surface area contributed by atoms with Crippen LogP contribution in [0, 0.1) is 0 Å². The van der Waals surface area contributed by atoms with Gasteiger partial charge in [0.25, 0.3) is 10.2 Å². The van der Waals surface area contributed by atoms with E-state index >= 15 is 0 Å². The van der Waals surface area contributed by atoms with Crippen LogP contribution >= 0.6 is 0 Å². The van der Waals surface area contributed by atoms with E-state index in [0.29, 0.717) is 25.7 Å². The molecule has 2 aliphatic heterocycles. The minimum absolute atomic E-state index is 0.266. The first-order chi connectivity index (χ1) is 10.0. The molecule has 2 heterocycles. The Morgan fingerprint density at radius 2 is 1.67 bits per heavy atom. The highest BCUT2D eigenvalue weighted by molar-refractivity contribution is 7.87. The number of piperidine rings is 1. The number of likely N-dealkylation sites (tertiary alicyclic amines) is 1. The van der Waals surface area contributed by atoms with Gasteiger partial charge in [0.2, 0.25) is 0 Å². The molecule has 0 aromatic carbocycles. The topological polar surface area (TPSA) is 52.7 Å². The fourth-order valence-corrected chi connectivity index (χ4v) is 4.86. The van der Waals surface area contributed by atoms with E-state index in [4.69, 9.17) is 0 Å². The summed E-state index contributed by atoms with van der Waals surface area (Å²) in [5.41, 5.74) is 0. The standard InChI is InChI=1S/C15H31N3O2S/c1-14-9-5-8-12-18(14)15(2)13-16-21(19,20)17-10-6-3-4-7-11-17/h14-16H,3-13H2,1-2H3. The van der Waals surface area contributed by atoms with Gasteiger partial charge in [-0.25, -0.2) is 4.72 Å². The Labute approximate surface area is 130 Å². The Kier molecular flexibility index (Phi) is 6.47. The third kappa shape index (κ3) is 4.91. The lowest BCUT2D eigenvalue weighted by molar-refractivity contribution is 0.116. The van der Waals surface area contributed by atoms with E-state index in [9.17, 15) is 8.42 Å². The molecule has 124 valence electrons. The first kappa shape index (κ1) is 17.2. The van der Waals surface area contributed by atoms with Gasteiger partial charge < -0.3 is 0 Å². The molecule has 0 spiro atoms. The fourth-order valence-electron chi connectivity index (χ4n) is 3.49. The predicted octanol–water partition coefficient (Wildman–Crippen LogP) is 1.96. The summed E-state index contributed by atoms with van der Waals surface area (Å²) in [4.78, 5) is 2.44. The Morgan fingerprint density at radius 1 is 1.05 bits per heavy atom. The highest BCUT2D eigenvalue weighted by Gasteiger charge is 2.26. The van der Waals surface area contributed by atoms with Crippen molar-refractivity contribution in [1.82, 2.24) is 13.9 Å². The van der Waals surface area contributed by atoms with Crippen molar-refractivity contribution in [3.05, 3.63) is 0 Å². The van der Waals surface area contributed by atoms with Crippen LogP contribution in [-0.2, 0) is 10.2 Å². The van der Waals surface area contributed by atoms with Crippen LogP contribution in [0.15, 0.2) is 0 Å². The van der Waals surface area contributed by atoms with Gasteiger partial charge in [-0.05, 0) is 46.1 Å². The van der Waals surface area contributed by atoms with Gasteiger partial charge in [-0.3, -0.25) is 4.90 Å². The SMILES string of the molecule is CC1CCCCN1C(C)CNS(=O)(=O)N1CCCCCC1. The lowest BCUT2D eigenvalue weighted by Gasteiger charge is -2.38. The summed E-state index contributed by atoms with van der Waals surface area (Å²) in [5, 5.41) is 0. The first-order valence-corrected chi connectivity index (χ1v) is 9.95. The normalized spacial score (nSPS) is 28.2. The summed E-state index contributed by atoms with van der Waals surface area (Å²) < 4.78 is 29.3. The van der Waals surface area contributed by atoms with Gasteiger partial charge in [0.15, 0.2) is 0 Å². The van der Waals surface area contributed by atoms with Crippen LogP contribution in [0.4, 0.5) is 0 Å². The van der Waals surface area contributed by atoms with E-state index in [2.05, 4.69) is 23.5 Å². The molecule has 1 N–H and O–H groups in total. The maximum absolute atomic E-state index is 12.4. The summed E-state index contributed by atoms with van der Waals surface area (Å²) in [6.07, 6.45) is 8.02. The Morgan fingerprint density at radius 3 is 2.29 bits per heavy atom. The van der Waals surface area contributed by atoms with E-state index in [1.807, 2.05) is 0 Å². The van der Waals surface area contributed by atoms with Crippen LogP contribution in [0.1, 0.15) is 58.8 Å². The van der Waals surface area contributed by atoms with E-state index < -0.39 is 10.2 Å². The Hall–Kier alpha value is -0.170. The Bertz CT molecular complexity index is 405. The van der Waals surface area contributed by atoms with Crippen molar-refractivity contribution in [2.45, 2.75) is 70.9 Å². The number of hydrogen-bond donors (Lipinski definition) is 1. The zero-order valence-corrected chi connectivity index (χ0v) is 14.4. The van der Waals surface area contributed by atoms with Gasteiger partial charge in [0, 0.05) is 31.7 Å². The molecule has 0 saturated carbocycles. The fraction of sp³-hybridized carbons (Fsp3) is 1.00. The van der Waals surface area contributed by atoms with Gasteiger partial charge in [-0.15, -0.1) is 0 Å². The van der Waals surface area contributed by atoms with Gasteiger partial charge in [-0.1, -0.05) is 19.3 Å². The molecule has 2 unspecified atom stereocenters. The maximum atomic E-state index is 12.4. The van der Waals surface area contributed by atoms with Crippen LogP contribution in [0.2, 0.25) is 0 Å². The monoisotopic (exact) mass is 317 g/mol. The van der Waals surface area contributed by atoms with Crippen molar-refractivity contribution < 1.29 is 8.42 Å². The highest BCUT2D eigenvalue weighted by Crippen LogP contribution is 2.19. The van der Waals surface area contributed by atoms with E-state index in [0.717, 1.165) is 32.2 Å². The van der Waals surface area contributed by atoms with Gasteiger partial charge >= 0.3 is 0 Å². The van der Waals surface area contributed by atoms with Crippen LogP contribution < -0.4 is 4.72 Å². The molecule has 5 nitrogen and oxygen atoms in total. The summed E-state index contributed by atoms with van der Waals surface area (Å²) >= 11 is 0. The average Bonchev–Trinajstić information content (AvgIpc) is 2.75. The molecule has 0 aliphatic carbocycles. The van der Waals surface area contributed by atoms with Gasteiger partial charge in [0.1, 0.15) is 0 Å². The third-order valence-corrected chi connectivity index (χ3v) is 6.46. The second-order valence-corrected chi connectivity index (χ2v) is 8.35. The van der Waals surface area contributed by atoms with Crippen molar-refractivity contribution >= 4 is 10.2 Å². The zero-order chi connectivity index (χ0) is 15.3.